The highest BCUT2D eigenvalue weighted by atomic mass is 19.1. The molecule has 1 aromatic rings. The third-order valence-corrected chi connectivity index (χ3v) is 2.04. The van der Waals surface area contributed by atoms with E-state index in [2.05, 4.69) is 5.92 Å². The van der Waals surface area contributed by atoms with Crippen molar-refractivity contribution in [3.63, 3.8) is 0 Å². The highest BCUT2D eigenvalue weighted by Crippen LogP contribution is 2.06. The van der Waals surface area contributed by atoms with E-state index in [0.29, 0.717) is 12.1 Å². The molecule has 0 aromatic heterocycles. The molecule has 3 heteroatoms. The van der Waals surface area contributed by atoms with Gasteiger partial charge in [-0.05, 0) is 31.2 Å². The zero-order valence-corrected chi connectivity index (χ0v) is 8.53. The van der Waals surface area contributed by atoms with Gasteiger partial charge in [0.1, 0.15) is 5.82 Å². The second kappa shape index (κ2) is 5.16. The molecule has 0 saturated heterocycles. The molecule has 0 fully saturated rings. The summed E-state index contributed by atoms with van der Waals surface area (Å²) in [7, 11) is 0. The first-order valence-electron chi connectivity index (χ1n) is 4.67. The molecule has 1 aromatic carbocycles. The van der Waals surface area contributed by atoms with Crippen molar-refractivity contribution in [2.45, 2.75) is 6.92 Å². The van der Waals surface area contributed by atoms with E-state index >= 15 is 0 Å². The molecule has 0 N–H and O–H groups in total. The summed E-state index contributed by atoms with van der Waals surface area (Å²) in [6, 6.07) is 5.43. The summed E-state index contributed by atoms with van der Waals surface area (Å²) in [5.74, 6) is 1.89. The highest BCUT2D eigenvalue weighted by Gasteiger charge is 2.12. The minimum absolute atomic E-state index is 0.171. The summed E-state index contributed by atoms with van der Waals surface area (Å²) in [4.78, 5) is 13.3. The van der Waals surface area contributed by atoms with Gasteiger partial charge in [-0.2, -0.15) is 0 Å². The van der Waals surface area contributed by atoms with Crippen LogP contribution in [0.25, 0.3) is 0 Å². The minimum Gasteiger partial charge on any atom is -0.328 e. The number of rotatable bonds is 3. The van der Waals surface area contributed by atoms with Crippen LogP contribution in [0.3, 0.4) is 0 Å². The third kappa shape index (κ3) is 2.81. The number of amides is 1. The van der Waals surface area contributed by atoms with Crippen LogP contribution in [0.5, 0.6) is 0 Å². The van der Waals surface area contributed by atoms with E-state index in [9.17, 15) is 9.18 Å². The molecule has 0 aliphatic heterocycles. The Morgan fingerprint density at radius 2 is 2.07 bits per heavy atom. The van der Waals surface area contributed by atoms with Crippen LogP contribution in [0.2, 0.25) is 0 Å². The monoisotopic (exact) mass is 205 g/mol. The topological polar surface area (TPSA) is 20.3 Å². The highest BCUT2D eigenvalue weighted by molar-refractivity contribution is 5.94. The molecule has 1 amide bonds. The summed E-state index contributed by atoms with van der Waals surface area (Å²) < 4.78 is 12.6. The van der Waals surface area contributed by atoms with Gasteiger partial charge in [0, 0.05) is 12.1 Å². The Balaban J connectivity index is 2.84. The average Bonchev–Trinajstić information content (AvgIpc) is 2.26. The Hall–Kier alpha value is -1.82. The van der Waals surface area contributed by atoms with Crippen LogP contribution < -0.4 is 0 Å². The molecule has 0 aliphatic rings. The van der Waals surface area contributed by atoms with Crippen molar-refractivity contribution in [1.82, 2.24) is 4.90 Å². The van der Waals surface area contributed by atoms with Gasteiger partial charge >= 0.3 is 0 Å². The number of benzene rings is 1. The molecular weight excluding hydrogens is 193 g/mol. The van der Waals surface area contributed by atoms with Gasteiger partial charge in [-0.1, -0.05) is 5.92 Å². The van der Waals surface area contributed by atoms with Gasteiger partial charge in [0.25, 0.3) is 5.91 Å². The van der Waals surface area contributed by atoms with Crippen molar-refractivity contribution in [3.05, 3.63) is 35.6 Å². The van der Waals surface area contributed by atoms with E-state index in [4.69, 9.17) is 6.42 Å². The van der Waals surface area contributed by atoms with Gasteiger partial charge < -0.3 is 4.90 Å². The minimum atomic E-state index is -0.355. The smallest absolute Gasteiger partial charge is 0.254 e. The number of nitrogens with zero attached hydrogens (tertiary/aromatic N) is 1. The molecule has 15 heavy (non-hydrogen) atoms. The van der Waals surface area contributed by atoms with Gasteiger partial charge in [-0.15, -0.1) is 6.42 Å². The Bertz CT molecular complexity index is 378. The van der Waals surface area contributed by atoms with Gasteiger partial charge in [0.05, 0.1) is 6.54 Å². The molecule has 1 rings (SSSR count). The number of terminal acetylenes is 1. The first-order chi connectivity index (χ1) is 7.19. The summed E-state index contributed by atoms with van der Waals surface area (Å²) in [6.07, 6.45) is 5.14. The van der Waals surface area contributed by atoms with Crippen LogP contribution in [0.15, 0.2) is 24.3 Å². The lowest BCUT2D eigenvalue weighted by Gasteiger charge is -2.17. The van der Waals surface area contributed by atoms with Crippen LogP contribution in [0, 0.1) is 18.2 Å². The molecule has 0 saturated carbocycles. The number of hydrogen-bond donors (Lipinski definition) is 0. The van der Waals surface area contributed by atoms with Crippen LogP contribution in [0.1, 0.15) is 17.3 Å². The van der Waals surface area contributed by atoms with E-state index in [0.717, 1.165) is 0 Å². The Morgan fingerprint density at radius 3 is 2.53 bits per heavy atom. The lowest BCUT2D eigenvalue weighted by atomic mass is 10.2. The Labute approximate surface area is 88.7 Å². The van der Waals surface area contributed by atoms with Crippen LogP contribution in [0.4, 0.5) is 4.39 Å². The fourth-order valence-electron chi connectivity index (χ4n) is 1.21. The number of carbonyl (C=O) groups is 1. The standard InChI is InChI=1S/C12H12FNO/c1-3-9-14(4-2)12(15)10-5-7-11(13)8-6-10/h1,5-8H,4,9H2,2H3. The van der Waals surface area contributed by atoms with E-state index in [1.807, 2.05) is 6.92 Å². The first kappa shape index (κ1) is 11.3. The molecule has 0 heterocycles. The number of hydrogen-bond acceptors (Lipinski definition) is 1. The van der Waals surface area contributed by atoms with Crippen LogP contribution in [-0.4, -0.2) is 23.9 Å². The lowest BCUT2D eigenvalue weighted by Crippen LogP contribution is -2.31. The van der Waals surface area contributed by atoms with Gasteiger partial charge in [0.2, 0.25) is 0 Å². The second-order valence-electron chi connectivity index (χ2n) is 3.03. The number of carbonyl (C=O) groups excluding carboxylic acids is 1. The molecule has 0 atom stereocenters. The van der Waals surface area contributed by atoms with Crippen molar-refractivity contribution in [2.75, 3.05) is 13.1 Å². The molecule has 0 unspecified atom stereocenters. The molecule has 2 nitrogen and oxygen atoms in total. The predicted octanol–water partition coefficient (Wildman–Crippen LogP) is 1.92. The Kier molecular flexibility index (Phi) is 3.87. The quantitative estimate of drug-likeness (QED) is 0.690. The Morgan fingerprint density at radius 1 is 1.47 bits per heavy atom. The molecule has 0 spiro atoms. The second-order valence-corrected chi connectivity index (χ2v) is 3.03. The summed E-state index contributed by atoms with van der Waals surface area (Å²) in [5, 5.41) is 0. The maximum absolute atomic E-state index is 12.6. The van der Waals surface area contributed by atoms with Gasteiger partial charge in [-0.3, -0.25) is 4.79 Å². The van der Waals surface area contributed by atoms with E-state index < -0.39 is 0 Å². The summed E-state index contributed by atoms with van der Waals surface area (Å²) in [6.45, 7) is 2.66. The average molecular weight is 205 g/mol. The normalized spacial score (nSPS) is 9.40. The summed E-state index contributed by atoms with van der Waals surface area (Å²) in [5.41, 5.74) is 0.452. The van der Waals surface area contributed by atoms with Crippen LogP contribution in [-0.2, 0) is 0 Å². The van der Waals surface area contributed by atoms with Crippen molar-refractivity contribution >= 4 is 5.91 Å². The fourth-order valence-corrected chi connectivity index (χ4v) is 1.21. The number of halogens is 1. The predicted molar refractivity (Wildman–Crippen MR) is 56.8 cm³/mol. The SMILES string of the molecule is C#CCN(CC)C(=O)c1ccc(F)cc1. The fraction of sp³-hybridized carbons (Fsp3) is 0.250. The van der Waals surface area contributed by atoms with Crippen molar-refractivity contribution < 1.29 is 9.18 Å². The van der Waals surface area contributed by atoms with Gasteiger partial charge in [0.15, 0.2) is 0 Å². The maximum Gasteiger partial charge on any atom is 0.254 e. The first-order valence-corrected chi connectivity index (χ1v) is 4.67. The molecule has 0 bridgehead atoms. The molecular formula is C12H12FNO. The molecule has 0 radical (unpaired) electrons. The van der Waals surface area contributed by atoms with Crippen LogP contribution >= 0.6 is 0 Å². The molecule has 78 valence electrons. The summed E-state index contributed by atoms with van der Waals surface area (Å²) >= 11 is 0. The maximum atomic E-state index is 12.6. The van der Waals surface area contributed by atoms with E-state index in [1.165, 1.54) is 29.2 Å². The zero-order chi connectivity index (χ0) is 11.3. The van der Waals surface area contributed by atoms with Crippen molar-refractivity contribution in [2.24, 2.45) is 0 Å². The van der Waals surface area contributed by atoms with E-state index in [1.54, 1.807) is 0 Å². The largest absolute Gasteiger partial charge is 0.328 e. The third-order valence-electron chi connectivity index (χ3n) is 2.04. The zero-order valence-electron chi connectivity index (χ0n) is 8.53. The van der Waals surface area contributed by atoms with E-state index in [-0.39, 0.29) is 18.3 Å². The lowest BCUT2D eigenvalue weighted by molar-refractivity contribution is 0.0785. The van der Waals surface area contributed by atoms with Gasteiger partial charge in [-0.25, -0.2) is 4.39 Å². The van der Waals surface area contributed by atoms with Crippen molar-refractivity contribution in [3.8, 4) is 12.3 Å². The molecule has 0 aliphatic carbocycles. The van der Waals surface area contributed by atoms with Crippen molar-refractivity contribution in [1.29, 1.82) is 0 Å².